The van der Waals surface area contributed by atoms with E-state index in [0.717, 1.165) is 0 Å². The second-order valence-corrected chi connectivity index (χ2v) is 10.6. The van der Waals surface area contributed by atoms with Gasteiger partial charge in [-0.3, -0.25) is 34.2 Å². The summed E-state index contributed by atoms with van der Waals surface area (Å²) in [6.07, 6.45) is 0.246. The number of hydrogen-bond acceptors (Lipinski definition) is 12. The number of thiol groups is 1. The number of nitrogens with one attached hydrogen (secondary N) is 8. The average Bonchev–Trinajstić information content (AvgIpc) is 3.05. The number of carboxylic acids is 1. The number of carbonyl (C=O) groups excluding carboxylic acids is 6. The molecule has 5 atom stereocenters. The molecule has 17 N–H and O–H groups in total. The number of carboxylic acid groups (broad SMARTS) is 1. The Bertz CT molecular complexity index is 1320. The second-order valence-electron chi connectivity index (χ2n) is 10.3. The number of nitrogens with two attached hydrogens (primary N) is 4. The van der Waals surface area contributed by atoms with Crippen molar-refractivity contribution in [2.75, 3.05) is 37.2 Å². The van der Waals surface area contributed by atoms with E-state index in [1.165, 1.54) is 31.2 Å². The summed E-state index contributed by atoms with van der Waals surface area (Å²) in [6, 6.07) is -0.941. The summed E-state index contributed by atoms with van der Waals surface area (Å²) < 4.78 is 0. The van der Waals surface area contributed by atoms with Crippen LogP contribution in [0.4, 0.5) is 5.69 Å². The van der Waals surface area contributed by atoms with Gasteiger partial charge >= 0.3 is 5.97 Å². The highest BCUT2D eigenvalue weighted by atomic mass is 32.1. The molecule has 1 aromatic rings. The molecular weight excluding hydrogens is 652 g/mol. The first-order valence-electron chi connectivity index (χ1n) is 14.6. The van der Waals surface area contributed by atoms with E-state index in [4.69, 9.17) is 33.5 Å². The van der Waals surface area contributed by atoms with Crippen LogP contribution in [0.1, 0.15) is 30.1 Å². The largest absolute Gasteiger partial charge is 0.478 e. The standard InChI is InChI=1S/C27H44N12O8S/c1-13(21(41)35-15-6-4-14(5-7-15)26(46)47)34-22(42)16(3-2-8-33-27(31)32)37-24(44)18(10-29)39-25(45)19(11-30)38-23(43)17(9-28)36-20(40)12-48/h4-7,13,16-19,48H,2-3,8-12,28-30H2,1H3,(H,34,42)(H,35,41)(H,36,40)(H,37,44)(H,38,43)(H,39,45)(H,46,47)(H4,31,32,33)/t13-,16-,17+,18+,19+/m1/s1. The first-order chi connectivity index (χ1) is 22.7. The van der Waals surface area contributed by atoms with Gasteiger partial charge in [0.25, 0.3) is 0 Å². The number of rotatable bonds is 20. The predicted octanol–water partition coefficient (Wildman–Crippen LogP) is -5.16. The summed E-state index contributed by atoms with van der Waals surface area (Å²) in [6.45, 7) is 0.449. The van der Waals surface area contributed by atoms with Crippen molar-refractivity contribution in [3.8, 4) is 0 Å². The van der Waals surface area contributed by atoms with E-state index in [0.29, 0.717) is 0 Å². The number of benzene rings is 1. The molecule has 0 bridgehead atoms. The van der Waals surface area contributed by atoms with Gasteiger partial charge in [-0.2, -0.15) is 12.6 Å². The molecule has 0 saturated carbocycles. The maximum atomic E-state index is 13.2. The fraction of sp³-hybridized carbons (Fsp3) is 0.481. The van der Waals surface area contributed by atoms with Gasteiger partial charge in [-0.25, -0.2) is 4.79 Å². The summed E-state index contributed by atoms with van der Waals surface area (Å²) in [5.74, 6) is -6.20. The normalized spacial score (nSPS) is 13.7. The van der Waals surface area contributed by atoms with Crippen molar-refractivity contribution in [3.63, 3.8) is 0 Å². The zero-order valence-electron chi connectivity index (χ0n) is 26.2. The first kappa shape index (κ1) is 41.0. The average molecular weight is 697 g/mol. The Labute approximate surface area is 281 Å². The number of guanidine groups is 1. The lowest BCUT2D eigenvalue weighted by Crippen LogP contribution is -2.62. The molecule has 1 aromatic carbocycles. The van der Waals surface area contributed by atoms with Crippen molar-refractivity contribution in [1.82, 2.24) is 31.9 Å². The maximum absolute atomic E-state index is 13.2. The Morgan fingerprint density at radius 2 is 1.21 bits per heavy atom. The van der Waals surface area contributed by atoms with Gasteiger partial charge < -0.3 is 65.3 Å². The molecule has 1 rings (SSSR count). The van der Waals surface area contributed by atoms with Crippen LogP contribution in [0.2, 0.25) is 0 Å². The number of amides is 6. The lowest BCUT2D eigenvalue weighted by molar-refractivity contribution is -0.134. The van der Waals surface area contributed by atoms with E-state index >= 15 is 0 Å². The molecule has 266 valence electrons. The Hall–Kier alpha value is -4.99. The SMILES string of the molecule is C[C@@H](NC(=O)[C@@H](CCCNC(=N)N)NC(=O)[C@H](CN)NC(=O)[C@H](CN)NC(=O)[C@H](CN)NC(=O)CS)C(=O)Nc1ccc(C(=O)O)cc1. The smallest absolute Gasteiger partial charge is 0.335 e. The molecule has 6 amide bonds. The van der Waals surface area contributed by atoms with E-state index in [9.17, 15) is 33.6 Å². The third-order valence-corrected chi connectivity index (χ3v) is 6.83. The number of anilines is 1. The molecule has 0 spiro atoms. The zero-order chi connectivity index (χ0) is 36.4. The number of carbonyl (C=O) groups is 7. The summed E-state index contributed by atoms with van der Waals surface area (Å²) in [7, 11) is 0. The van der Waals surface area contributed by atoms with E-state index in [-0.39, 0.29) is 48.9 Å². The highest BCUT2D eigenvalue weighted by Crippen LogP contribution is 2.10. The molecule has 0 fully saturated rings. The monoisotopic (exact) mass is 696 g/mol. The summed E-state index contributed by atoms with van der Waals surface area (Å²) in [5, 5.41) is 33.4. The molecule has 0 aromatic heterocycles. The molecule has 0 aliphatic heterocycles. The minimum atomic E-state index is -1.39. The van der Waals surface area contributed by atoms with Crippen molar-refractivity contribution in [3.05, 3.63) is 29.8 Å². The van der Waals surface area contributed by atoms with Crippen molar-refractivity contribution >= 4 is 65.7 Å². The van der Waals surface area contributed by atoms with Crippen LogP contribution in [0.25, 0.3) is 0 Å². The summed E-state index contributed by atoms with van der Waals surface area (Å²) in [4.78, 5) is 87.2. The molecule has 0 unspecified atom stereocenters. The van der Waals surface area contributed by atoms with Crippen LogP contribution in [0, 0.1) is 5.41 Å². The Morgan fingerprint density at radius 3 is 1.65 bits per heavy atom. The Kier molecular flexibility index (Phi) is 17.9. The molecule has 48 heavy (non-hydrogen) atoms. The van der Waals surface area contributed by atoms with Crippen LogP contribution in [-0.2, 0) is 28.8 Å². The summed E-state index contributed by atoms with van der Waals surface area (Å²) >= 11 is 3.81. The van der Waals surface area contributed by atoms with Crippen molar-refractivity contribution in [2.45, 2.75) is 50.0 Å². The predicted molar refractivity (Wildman–Crippen MR) is 178 cm³/mol. The maximum Gasteiger partial charge on any atom is 0.335 e. The first-order valence-corrected chi connectivity index (χ1v) is 15.2. The zero-order valence-corrected chi connectivity index (χ0v) is 27.1. The number of aromatic carboxylic acids is 1. The van der Waals surface area contributed by atoms with Crippen molar-refractivity contribution in [1.29, 1.82) is 5.41 Å². The van der Waals surface area contributed by atoms with Crippen LogP contribution < -0.4 is 60.2 Å². The van der Waals surface area contributed by atoms with Gasteiger partial charge in [0.15, 0.2) is 5.96 Å². The van der Waals surface area contributed by atoms with Crippen LogP contribution in [-0.4, -0.2) is 115 Å². The van der Waals surface area contributed by atoms with E-state index < -0.39 is 84.7 Å². The third kappa shape index (κ3) is 14.2. The molecule has 20 nitrogen and oxygen atoms in total. The fourth-order valence-electron chi connectivity index (χ4n) is 3.88. The van der Waals surface area contributed by atoms with Crippen molar-refractivity contribution < 1.29 is 38.7 Å². The second kappa shape index (κ2) is 21.0. The highest BCUT2D eigenvalue weighted by Gasteiger charge is 2.31. The lowest BCUT2D eigenvalue weighted by Gasteiger charge is -2.26. The Balaban J connectivity index is 2.96. The van der Waals surface area contributed by atoms with Gasteiger partial charge in [-0.15, -0.1) is 0 Å². The molecule has 0 saturated heterocycles. The minimum absolute atomic E-state index is 0.00798. The van der Waals surface area contributed by atoms with E-state index in [2.05, 4.69) is 49.8 Å². The topological polar surface area (TPSA) is 352 Å². The highest BCUT2D eigenvalue weighted by molar-refractivity contribution is 7.81. The molecule has 0 radical (unpaired) electrons. The fourth-order valence-corrected chi connectivity index (χ4v) is 3.97. The molecular formula is C27H44N12O8S. The summed E-state index contributed by atoms with van der Waals surface area (Å²) in [5.41, 5.74) is 22.5. The van der Waals surface area contributed by atoms with Crippen LogP contribution in [0.3, 0.4) is 0 Å². The molecule has 0 heterocycles. The minimum Gasteiger partial charge on any atom is -0.478 e. The third-order valence-electron chi connectivity index (χ3n) is 6.54. The van der Waals surface area contributed by atoms with Gasteiger partial charge in [0.05, 0.1) is 11.3 Å². The number of hydrogen-bond donors (Lipinski definition) is 14. The lowest BCUT2D eigenvalue weighted by atomic mass is 10.1. The van der Waals surface area contributed by atoms with Gasteiger partial charge in [0, 0.05) is 31.9 Å². The van der Waals surface area contributed by atoms with Crippen LogP contribution in [0.5, 0.6) is 0 Å². The molecule has 21 heteroatoms. The van der Waals surface area contributed by atoms with Crippen LogP contribution >= 0.6 is 12.6 Å². The van der Waals surface area contributed by atoms with E-state index in [1.54, 1.807) is 0 Å². The molecule has 0 aliphatic carbocycles. The van der Waals surface area contributed by atoms with Gasteiger partial charge in [-0.1, -0.05) is 0 Å². The van der Waals surface area contributed by atoms with Crippen LogP contribution in [0.15, 0.2) is 24.3 Å². The quantitative estimate of drug-likeness (QED) is 0.0263. The molecule has 0 aliphatic rings. The Morgan fingerprint density at radius 1 is 0.750 bits per heavy atom. The van der Waals surface area contributed by atoms with Crippen molar-refractivity contribution in [2.24, 2.45) is 22.9 Å². The van der Waals surface area contributed by atoms with Gasteiger partial charge in [0.1, 0.15) is 30.2 Å². The van der Waals surface area contributed by atoms with Gasteiger partial charge in [0.2, 0.25) is 35.4 Å². The van der Waals surface area contributed by atoms with Gasteiger partial charge in [-0.05, 0) is 44.0 Å². The van der Waals surface area contributed by atoms with E-state index in [1.807, 2.05) is 0 Å².